The normalized spacial score (nSPS) is 21.1. The van der Waals surface area contributed by atoms with Crippen LogP contribution in [0.4, 0.5) is 10.5 Å². The highest BCUT2D eigenvalue weighted by atomic mass is 16.6. The number of carbonyl (C=O) groups excluding carboxylic acids is 1. The molecule has 2 bridgehead atoms. The van der Waals surface area contributed by atoms with Crippen molar-refractivity contribution in [1.29, 1.82) is 0 Å². The van der Waals surface area contributed by atoms with Gasteiger partial charge in [0.05, 0.1) is 36.1 Å². The zero-order chi connectivity index (χ0) is 20.8. The number of aromatic nitrogens is 5. The van der Waals surface area contributed by atoms with Gasteiger partial charge in [-0.3, -0.25) is 9.58 Å². The number of rotatable bonds is 4. The molecule has 9 nitrogen and oxygen atoms in total. The van der Waals surface area contributed by atoms with E-state index in [0.717, 1.165) is 54.2 Å². The van der Waals surface area contributed by atoms with Crippen LogP contribution in [-0.4, -0.2) is 67.5 Å². The highest BCUT2D eigenvalue weighted by molar-refractivity contribution is 5.88. The van der Waals surface area contributed by atoms with Gasteiger partial charge in [-0.2, -0.15) is 5.10 Å². The number of hydrogen-bond acceptors (Lipinski definition) is 6. The first-order chi connectivity index (χ1) is 14.5. The fourth-order valence-corrected chi connectivity index (χ4v) is 4.54. The van der Waals surface area contributed by atoms with E-state index in [4.69, 9.17) is 9.72 Å². The molecule has 5 heterocycles. The zero-order valence-electron chi connectivity index (χ0n) is 17.6. The van der Waals surface area contributed by atoms with Crippen LogP contribution in [-0.2, 0) is 11.8 Å². The van der Waals surface area contributed by atoms with Gasteiger partial charge in [0, 0.05) is 32.5 Å². The van der Waals surface area contributed by atoms with Gasteiger partial charge in [-0.15, -0.1) is 0 Å². The molecule has 9 heteroatoms. The summed E-state index contributed by atoms with van der Waals surface area (Å²) in [6.07, 6.45) is 7.38. The van der Waals surface area contributed by atoms with Gasteiger partial charge in [-0.05, 0) is 24.8 Å². The Kier molecular flexibility index (Phi) is 4.60. The first-order valence-corrected chi connectivity index (χ1v) is 10.5. The van der Waals surface area contributed by atoms with Crippen molar-refractivity contribution in [1.82, 2.24) is 29.6 Å². The van der Waals surface area contributed by atoms with Crippen LogP contribution in [0.1, 0.15) is 26.7 Å². The van der Waals surface area contributed by atoms with Crippen molar-refractivity contribution in [3.63, 3.8) is 0 Å². The molecule has 2 aliphatic heterocycles. The van der Waals surface area contributed by atoms with E-state index in [9.17, 15) is 4.79 Å². The van der Waals surface area contributed by atoms with E-state index in [1.165, 1.54) is 0 Å². The van der Waals surface area contributed by atoms with Crippen molar-refractivity contribution >= 4 is 22.9 Å². The van der Waals surface area contributed by atoms with E-state index >= 15 is 0 Å². The smallest absolute Gasteiger partial charge is 0.410 e. The van der Waals surface area contributed by atoms with Gasteiger partial charge in [0.2, 0.25) is 0 Å². The molecular formula is C21H27N7O2. The third-order valence-electron chi connectivity index (χ3n) is 5.92. The van der Waals surface area contributed by atoms with E-state index in [1.807, 2.05) is 30.4 Å². The third kappa shape index (κ3) is 3.28. The number of nitrogens with zero attached hydrogens (tertiary/aromatic N) is 6. The highest BCUT2D eigenvalue weighted by Crippen LogP contribution is 2.35. The lowest BCUT2D eigenvalue weighted by Gasteiger charge is -2.41. The predicted octanol–water partition coefficient (Wildman–Crippen LogP) is 2.80. The Bertz CT molecular complexity index is 1060. The van der Waals surface area contributed by atoms with Gasteiger partial charge in [0.15, 0.2) is 5.65 Å². The SMILES string of the molecule is CC(C)COC(=O)N1C2CCC1CN(c1ccnc3[nH]c(-c4cnn(C)c4)nc13)C2. The Morgan fingerprint density at radius 3 is 2.73 bits per heavy atom. The van der Waals surface area contributed by atoms with Gasteiger partial charge in [0.25, 0.3) is 0 Å². The molecule has 2 fully saturated rings. The molecule has 2 unspecified atom stereocenters. The van der Waals surface area contributed by atoms with Crippen LogP contribution in [0.15, 0.2) is 24.7 Å². The second-order valence-corrected chi connectivity index (χ2v) is 8.68. The fourth-order valence-electron chi connectivity index (χ4n) is 4.54. The Hall–Kier alpha value is -3.10. The van der Waals surface area contributed by atoms with Gasteiger partial charge in [0.1, 0.15) is 11.3 Å². The van der Waals surface area contributed by atoms with E-state index in [1.54, 1.807) is 10.9 Å². The van der Waals surface area contributed by atoms with Crippen molar-refractivity contribution in [3.05, 3.63) is 24.7 Å². The molecule has 3 aromatic rings. The number of H-pyrrole nitrogens is 1. The average molecular weight is 409 g/mol. The fraction of sp³-hybridized carbons (Fsp3) is 0.524. The lowest BCUT2D eigenvalue weighted by molar-refractivity contribution is 0.0704. The van der Waals surface area contributed by atoms with E-state index in [-0.39, 0.29) is 18.2 Å². The Balaban J connectivity index is 1.39. The molecule has 2 atom stereocenters. The molecule has 0 aromatic carbocycles. The summed E-state index contributed by atoms with van der Waals surface area (Å²) in [4.78, 5) is 29.5. The molecule has 5 rings (SSSR count). The van der Waals surface area contributed by atoms with Crippen molar-refractivity contribution in [2.75, 3.05) is 24.6 Å². The molecule has 0 aliphatic carbocycles. The number of ether oxygens (including phenoxy) is 1. The van der Waals surface area contributed by atoms with E-state index < -0.39 is 0 Å². The number of pyridine rings is 1. The summed E-state index contributed by atoms with van der Waals surface area (Å²) in [6.45, 7) is 6.13. The number of nitrogens with one attached hydrogen (secondary N) is 1. The summed E-state index contributed by atoms with van der Waals surface area (Å²) >= 11 is 0. The molecule has 2 saturated heterocycles. The molecule has 0 spiro atoms. The van der Waals surface area contributed by atoms with Gasteiger partial charge < -0.3 is 14.6 Å². The van der Waals surface area contributed by atoms with Crippen LogP contribution >= 0.6 is 0 Å². The number of carbonyl (C=O) groups is 1. The van der Waals surface area contributed by atoms with Crippen molar-refractivity contribution in [2.45, 2.75) is 38.8 Å². The minimum atomic E-state index is -0.172. The first-order valence-electron chi connectivity index (χ1n) is 10.5. The molecule has 0 radical (unpaired) electrons. The van der Waals surface area contributed by atoms with Crippen LogP contribution in [0.5, 0.6) is 0 Å². The van der Waals surface area contributed by atoms with Crippen LogP contribution in [0.25, 0.3) is 22.6 Å². The number of piperazine rings is 1. The molecule has 1 amide bonds. The van der Waals surface area contributed by atoms with Gasteiger partial charge >= 0.3 is 6.09 Å². The zero-order valence-corrected chi connectivity index (χ0v) is 17.6. The second kappa shape index (κ2) is 7.30. The first kappa shape index (κ1) is 18.9. The average Bonchev–Trinajstić information content (AvgIpc) is 3.41. The predicted molar refractivity (Wildman–Crippen MR) is 113 cm³/mol. The molecular weight excluding hydrogens is 382 g/mol. The minimum absolute atomic E-state index is 0.170. The standard InChI is InChI=1S/C21H27N7O2/c1-13(2)12-30-21(29)28-15-4-5-16(28)11-27(10-15)17-6-7-22-20-18(17)24-19(25-20)14-8-23-26(3)9-14/h6-9,13,15-16H,4-5,10-12H2,1-3H3,(H,22,24,25). The molecule has 2 aliphatic rings. The Morgan fingerprint density at radius 1 is 1.30 bits per heavy atom. The second-order valence-electron chi connectivity index (χ2n) is 8.68. The topological polar surface area (TPSA) is 92.2 Å². The molecule has 30 heavy (non-hydrogen) atoms. The Labute approximate surface area is 175 Å². The number of imidazole rings is 1. The molecule has 1 N–H and O–H groups in total. The number of aryl methyl sites for hydroxylation is 1. The van der Waals surface area contributed by atoms with E-state index in [0.29, 0.717) is 12.5 Å². The third-order valence-corrected chi connectivity index (χ3v) is 5.92. The number of fused-ring (bicyclic) bond motifs is 3. The van der Waals surface area contributed by atoms with Crippen molar-refractivity contribution < 1.29 is 9.53 Å². The van der Waals surface area contributed by atoms with Gasteiger partial charge in [-0.1, -0.05) is 13.8 Å². The summed E-state index contributed by atoms with van der Waals surface area (Å²) in [5.74, 6) is 1.10. The monoisotopic (exact) mass is 409 g/mol. The molecule has 158 valence electrons. The maximum absolute atomic E-state index is 12.6. The summed E-state index contributed by atoms with van der Waals surface area (Å²) < 4.78 is 7.28. The maximum Gasteiger partial charge on any atom is 0.410 e. The number of aromatic amines is 1. The van der Waals surface area contributed by atoms with Crippen LogP contribution < -0.4 is 4.90 Å². The largest absolute Gasteiger partial charge is 0.449 e. The maximum atomic E-state index is 12.6. The molecule has 0 saturated carbocycles. The Morgan fingerprint density at radius 2 is 2.07 bits per heavy atom. The highest BCUT2D eigenvalue weighted by Gasteiger charge is 2.44. The number of anilines is 1. The number of hydrogen-bond donors (Lipinski definition) is 1. The van der Waals surface area contributed by atoms with Crippen LogP contribution in [0, 0.1) is 5.92 Å². The van der Waals surface area contributed by atoms with E-state index in [2.05, 4.69) is 33.8 Å². The minimum Gasteiger partial charge on any atom is -0.449 e. The van der Waals surface area contributed by atoms with Crippen molar-refractivity contribution in [3.8, 4) is 11.4 Å². The summed E-state index contributed by atoms with van der Waals surface area (Å²) in [5, 5.41) is 4.23. The lowest BCUT2D eigenvalue weighted by Crippen LogP contribution is -2.56. The van der Waals surface area contributed by atoms with Crippen LogP contribution in [0.2, 0.25) is 0 Å². The quantitative estimate of drug-likeness (QED) is 0.712. The molecule has 3 aromatic heterocycles. The summed E-state index contributed by atoms with van der Waals surface area (Å²) in [6, 6.07) is 2.36. The summed E-state index contributed by atoms with van der Waals surface area (Å²) in [7, 11) is 1.89. The van der Waals surface area contributed by atoms with Crippen LogP contribution in [0.3, 0.4) is 0 Å². The summed E-state index contributed by atoms with van der Waals surface area (Å²) in [5.41, 5.74) is 3.60. The van der Waals surface area contributed by atoms with Gasteiger partial charge in [-0.25, -0.2) is 14.8 Å². The lowest BCUT2D eigenvalue weighted by atomic mass is 10.1. The van der Waals surface area contributed by atoms with Crippen molar-refractivity contribution in [2.24, 2.45) is 13.0 Å². The number of amides is 1.